The molecule has 4 rings (SSSR count). The van der Waals surface area contributed by atoms with Gasteiger partial charge in [0.15, 0.2) is 0 Å². The number of rotatable bonds is 4. The molecule has 0 bridgehead atoms. The van der Waals surface area contributed by atoms with Crippen LogP contribution in [0, 0.1) is 13.8 Å². The monoisotopic (exact) mass is 347 g/mol. The number of carbonyl (C=O) groups excluding carboxylic acids is 1. The molecule has 1 amide bonds. The van der Waals surface area contributed by atoms with E-state index >= 15 is 0 Å². The van der Waals surface area contributed by atoms with Gasteiger partial charge in [-0.05, 0) is 71.8 Å². The molecule has 7 nitrogen and oxygen atoms in total. The van der Waals surface area contributed by atoms with Crippen LogP contribution in [0.25, 0.3) is 16.7 Å². The van der Waals surface area contributed by atoms with Crippen molar-refractivity contribution in [2.45, 2.75) is 20.3 Å². The van der Waals surface area contributed by atoms with Gasteiger partial charge < -0.3 is 9.73 Å². The topological polar surface area (TPSA) is 85.8 Å². The van der Waals surface area contributed by atoms with E-state index in [1.807, 2.05) is 37.3 Å². The number of tetrazole rings is 1. The van der Waals surface area contributed by atoms with Crippen molar-refractivity contribution < 1.29 is 9.21 Å². The number of anilines is 1. The van der Waals surface area contributed by atoms with Gasteiger partial charge in [0.25, 0.3) is 0 Å². The van der Waals surface area contributed by atoms with E-state index in [4.69, 9.17) is 4.42 Å². The van der Waals surface area contributed by atoms with Gasteiger partial charge in [0.1, 0.15) is 11.9 Å². The minimum absolute atomic E-state index is 0.0962. The fraction of sp³-hybridized carbons (Fsp3) is 0.158. The van der Waals surface area contributed by atoms with Gasteiger partial charge in [0, 0.05) is 16.6 Å². The van der Waals surface area contributed by atoms with Crippen molar-refractivity contribution in [2.75, 3.05) is 5.32 Å². The van der Waals surface area contributed by atoms with Crippen LogP contribution >= 0.6 is 0 Å². The zero-order valence-corrected chi connectivity index (χ0v) is 14.4. The standard InChI is InChI=1S/C19H17N5O2/c1-12-7-17-14(10-26-18(17)8-13(12)2)9-19(25)21-15-3-5-16(6-4-15)24-11-20-22-23-24/h3-8,10-11H,9H2,1-2H3,(H,21,25). The molecular formula is C19H17N5O2. The van der Waals surface area contributed by atoms with E-state index in [-0.39, 0.29) is 12.3 Å². The van der Waals surface area contributed by atoms with E-state index in [0.29, 0.717) is 5.69 Å². The molecule has 0 atom stereocenters. The molecule has 7 heteroatoms. The predicted octanol–water partition coefficient (Wildman–Crippen LogP) is 3.21. The van der Waals surface area contributed by atoms with E-state index < -0.39 is 0 Å². The first-order valence-corrected chi connectivity index (χ1v) is 8.21. The van der Waals surface area contributed by atoms with Crippen molar-refractivity contribution >= 4 is 22.6 Å². The first-order valence-electron chi connectivity index (χ1n) is 8.21. The summed E-state index contributed by atoms with van der Waals surface area (Å²) in [5, 5.41) is 14.9. The molecule has 2 heterocycles. The summed E-state index contributed by atoms with van der Waals surface area (Å²) >= 11 is 0. The second-order valence-electron chi connectivity index (χ2n) is 6.22. The fourth-order valence-electron chi connectivity index (χ4n) is 2.83. The average molecular weight is 347 g/mol. The van der Waals surface area contributed by atoms with E-state index in [1.165, 1.54) is 17.5 Å². The number of carbonyl (C=O) groups is 1. The molecule has 4 aromatic rings. The van der Waals surface area contributed by atoms with Crippen LogP contribution < -0.4 is 5.32 Å². The van der Waals surface area contributed by atoms with Crippen LogP contribution in [0.15, 0.2) is 53.4 Å². The zero-order valence-electron chi connectivity index (χ0n) is 14.4. The highest BCUT2D eigenvalue weighted by Gasteiger charge is 2.12. The summed E-state index contributed by atoms with van der Waals surface area (Å²) in [7, 11) is 0. The van der Waals surface area contributed by atoms with Crippen molar-refractivity contribution in [2.24, 2.45) is 0 Å². The normalized spacial score (nSPS) is 11.0. The fourth-order valence-corrected chi connectivity index (χ4v) is 2.83. The van der Waals surface area contributed by atoms with Crippen molar-refractivity contribution in [3.63, 3.8) is 0 Å². The molecule has 0 aliphatic rings. The highest BCUT2D eigenvalue weighted by atomic mass is 16.3. The number of furan rings is 1. The van der Waals surface area contributed by atoms with Gasteiger partial charge in [-0.2, -0.15) is 0 Å². The van der Waals surface area contributed by atoms with Crippen molar-refractivity contribution in [1.82, 2.24) is 20.2 Å². The number of hydrogen-bond donors (Lipinski definition) is 1. The number of aromatic nitrogens is 4. The van der Waals surface area contributed by atoms with Gasteiger partial charge in [-0.1, -0.05) is 0 Å². The van der Waals surface area contributed by atoms with Gasteiger partial charge in [-0.3, -0.25) is 4.79 Å². The third-order valence-electron chi connectivity index (χ3n) is 4.39. The smallest absolute Gasteiger partial charge is 0.228 e. The van der Waals surface area contributed by atoms with Gasteiger partial charge in [-0.15, -0.1) is 5.10 Å². The van der Waals surface area contributed by atoms with Gasteiger partial charge >= 0.3 is 0 Å². The lowest BCUT2D eigenvalue weighted by Gasteiger charge is -2.06. The second-order valence-corrected chi connectivity index (χ2v) is 6.22. The lowest BCUT2D eigenvalue weighted by Crippen LogP contribution is -2.14. The molecule has 0 aliphatic heterocycles. The summed E-state index contributed by atoms with van der Waals surface area (Å²) in [5.41, 5.74) is 5.57. The number of fused-ring (bicyclic) bond motifs is 1. The van der Waals surface area contributed by atoms with Gasteiger partial charge in [-0.25, -0.2) is 4.68 Å². The van der Waals surface area contributed by atoms with E-state index in [9.17, 15) is 4.79 Å². The first kappa shape index (κ1) is 16.0. The van der Waals surface area contributed by atoms with Crippen LogP contribution in [0.4, 0.5) is 5.69 Å². The van der Waals surface area contributed by atoms with Crippen LogP contribution in [0.2, 0.25) is 0 Å². The first-order chi connectivity index (χ1) is 12.6. The van der Waals surface area contributed by atoms with Crippen LogP contribution in [-0.4, -0.2) is 26.1 Å². The Balaban J connectivity index is 1.48. The molecule has 0 saturated carbocycles. The lowest BCUT2D eigenvalue weighted by atomic mass is 10.0. The summed E-state index contributed by atoms with van der Waals surface area (Å²) in [6.45, 7) is 4.10. The Bertz CT molecular complexity index is 1070. The molecule has 0 radical (unpaired) electrons. The van der Waals surface area contributed by atoms with Gasteiger partial charge in [0.05, 0.1) is 18.4 Å². The number of amides is 1. The molecule has 1 N–H and O–H groups in total. The Morgan fingerprint density at radius 2 is 1.92 bits per heavy atom. The van der Waals surface area contributed by atoms with E-state index in [0.717, 1.165) is 22.2 Å². The minimum atomic E-state index is -0.0962. The average Bonchev–Trinajstić information content (AvgIpc) is 3.27. The molecule has 0 unspecified atom stereocenters. The molecule has 26 heavy (non-hydrogen) atoms. The Morgan fingerprint density at radius 3 is 2.65 bits per heavy atom. The second kappa shape index (κ2) is 6.44. The van der Waals surface area contributed by atoms with E-state index in [2.05, 4.69) is 33.8 Å². The molecule has 0 aliphatic carbocycles. The summed E-state index contributed by atoms with van der Waals surface area (Å²) in [6, 6.07) is 11.4. The van der Waals surface area contributed by atoms with Crippen LogP contribution in [-0.2, 0) is 11.2 Å². The molecule has 2 aromatic carbocycles. The number of aryl methyl sites for hydroxylation is 2. The lowest BCUT2D eigenvalue weighted by molar-refractivity contribution is -0.115. The SMILES string of the molecule is Cc1cc2occ(CC(=O)Nc3ccc(-n4cnnn4)cc3)c2cc1C. The zero-order chi connectivity index (χ0) is 18.1. The third-order valence-corrected chi connectivity index (χ3v) is 4.39. The molecule has 0 saturated heterocycles. The highest BCUT2D eigenvalue weighted by molar-refractivity contribution is 5.95. The van der Waals surface area contributed by atoms with Crippen LogP contribution in [0.1, 0.15) is 16.7 Å². The maximum Gasteiger partial charge on any atom is 0.228 e. The molecule has 2 aromatic heterocycles. The summed E-state index contributed by atoms with van der Waals surface area (Å²) in [6.07, 6.45) is 3.43. The van der Waals surface area contributed by atoms with Crippen molar-refractivity contribution in [3.05, 3.63) is 65.7 Å². The molecular weight excluding hydrogens is 330 g/mol. The minimum Gasteiger partial charge on any atom is -0.464 e. The van der Waals surface area contributed by atoms with E-state index in [1.54, 1.807) is 10.9 Å². The van der Waals surface area contributed by atoms with Crippen LogP contribution in [0.5, 0.6) is 0 Å². The summed E-state index contributed by atoms with van der Waals surface area (Å²) < 4.78 is 7.14. The largest absolute Gasteiger partial charge is 0.464 e. The summed E-state index contributed by atoms with van der Waals surface area (Å²) in [5.74, 6) is -0.0962. The van der Waals surface area contributed by atoms with Crippen molar-refractivity contribution in [3.8, 4) is 5.69 Å². The Kier molecular flexibility index (Phi) is 3.96. The predicted molar refractivity (Wildman–Crippen MR) is 97.2 cm³/mol. The Labute approximate surface area is 149 Å². The van der Waals surface area contributed by atoms with Crippen molar-refractivity contribution in [1.29, 1.82) is 0 Å². The van der Waals surface area contributed by atoms with Gasteiger partial charge in [0.2, 0.25) is 5.91 Å². The molecule has 0 fully saturated rings. The third kappa shape index (κ3) is 3.06. The number of nitrogens with zero attached hydrogens (tertiary/aromatic N) is 4. The number of hydrogen-bond acceptors (Lipinski definition) is 5. The summed E-state index contributed by atoms with van der Waals surface area (Å²) in [4.78, 5) is 12.4. The molecule has 130 valence electrons. The Hall–Kier alpha value is -3.48. The molecule has 0 spiro atoms. The quantitative estimate of drug-likeness (QED) is 0.613. The number of nitrogens with one attached hydrogen (secondary N) is 1. The number of benzene rings is 2. The maximum absolute atomic E-state index is 12.4. The highest BCUT2D eigenvalue weighted by Crippen LogP contribution is 2.25. The Morgan fingerprint density at radius 1 is 1.15 bits per heavy atom. The van der Waals surface area contributed by atoms with Crippen LogP contribution in [0.3, 0.4) is 0 Å². The maximum atomic E-state index is 12.4.